The van der Waals surface area contributed by atoms with E-state index in [-0.39, 0.29) is 24.2 Å². The molecule has 3 aromatic rings. The van der Waals surface area contributed by atoms with Gasteiger partial charge in [-0.25, -0.2) is 9.40 Å². The second-order valence-corrected chi connectivity index (χ2v) is 10.6. The minimum Gasteiger partial charge on any atom is -0.379 e. The number of hydrogen-bond acceptors (Lipinski definition) is 7. The van der Waals surface area contributed by atoms with E-state index in [1.807, 2.05) is 0 Å². The van der Waals surface area contributed by atoms with E-state index < -0.39 is 46.9 Å². The van der Waals surface area contributed by atoms with Crippen molar-refractivity contribution in [1.29, 1.82) is 0 Å². The summed E-state index contributed by atoms with van der Waals surface area (Å²) in [6.45, 7) is 2.36. The Morgan fingerprint density at radius 3 is 2.22 bits per heavy atom. The molecular formula is C31H29F4N5O5. The number of ether oxygens (including phenoxy) is 1. The highest BCUT2D eigenvalue weighted by atomic mass is 19.4. The third-order valence-electron chi connectivity index (χ3n) is 7.69. The largest absolute Gasteiger partial charge is 0.416 e. The van der Waals surface area contributed by atoms with Crippen LogP contribution >= 0.6 is 0 Å². The van der Waals surface area contributed by atoms with Gasteiger partial charge in [0.25, 0.3) is 17.5 Å². The Morgan fingerprint density at radius 2 is 1.62 bits per heavy atom. The molecule has 0 spiro atoms. The molecule has 0 radical (unpaired) electrons. The number of hydrazone groups is 1. The smallest absolute Gasteiger partial charge is 0.379 e. The number of halogens is 4. The Hall–Kier alpha value is -4.69. The highest BCUT2D eigenvalue weighted by molar-refractivity contribution is 6.04. The van der Waals surface area contributed by atoms with Gasteiger partial charge in [0.2, 0.25) is 0 Å². The third-order valence-corrected chi connectivity index (χ3v) is 7.69. The van der Waals surface area contributed by atoms with Gasteiger partial charge in [-0.05, 0) is 59.7 Å². The molecule has 14 heteroatoms. The van der Waals surface area contributed by atoms with E-state index in [0.717, 1.165) is 24.3 Å². The first-order valence-electron chi connectivity index (χ1n) is 14.2. The fraction of sp³-hybridized carbons (Fsp3) is 0.323. The number of non-ortho nitro benzene ring substituents is 1. The van der Waals surface area contributed by atoms with Crippen LogP contribution in [0.25, 0.3) is 0 Å². The Morgan fingerprint density at radius 1 is 0.978 bits per heavy atom. The molecular weight excluding hydrogens is 598 g/mol. The van der Waals surface area contributed by atoms with Crippen molar-refractivity contribution >= 4 is 23.2 Å². The van der Waals surface area contributed by atoms with Crippen LogP contribution in [0.1, 0.15) is 39.5 Å². The van der Waals surface area contributed by atoms with Crippen LogP contribution in [0.3, 0.4) is 0 Å². The normalized spacial score (nSPS) is 17.2. The number of nitro benzene ring substituents is 1. The highest BCUT2D eigenvalue weighted by Gasteiger charge is 2.35. The Balaban J connectivity index is 1.42. The molecule has 2 amide bonds. The SMILES string of the molecule is O=C(c1ccc(C(F)(F)F)cc1)N(CCN1CCOCC1)CC(=O)N1N=C(c2ccc([N+](=O)[O-])cc2)CC1c1ccc(F)cc1. The third kappa shape index (κ3) is 7.70. The molecule has 0 saturated carbocycles. The molecule has 10 nitrogen and oxygen atoms in total. The number of hydrogen-bond donors (Lipinski definition) is 0. The number of carbonyl (C=O) groups is 2. The van der Waals surface area contributed by atoms with Crippen LogP contribution < -0.4 is 0 Å². The Labute approximate surface area is 255 Å². The Kier molecular flexibility index (Phi) is 9.54. The monoisotopic (exact) mass is 627 g/mol. The lowest BCUT2D eigenvalue weighted by Gasteiger charge is -2.31. The maximum absolute atomic E-state index is 13.9. The zero-order valence-electron chi connectivity index (χ0n) is 24.0. The maximum Gasteiger partial charge on any atom is 0.416 e. The molecule has 2 aliphatic rings. The summed E-state index contributed by atoms with van der Waals surface area (Å²) in [4.78, 5) is 41.4. The predicted molar refractivity (Wildman–Crippen MR) is 155 cm³/mol. The first-order chi connectivity index (χ1) is 21.5. The molecule has 5 rings (SSSR count). The van der Waals surface area contributed by atoms with E-state index in [1.165, 1.54) is 58.4 Å². The fourth-order valence-electron chi connectivity index (χ4n) is 5.19. The van der Waals surface area contributed by atoms with E-state index in [2.05, 4.69) is 10.0 Å². The highest BCUT2D eigenvalue weighted by Crippen LogP contribution is 2.34. The van der Waals surface area contributed by atoms with Gasteiger partial charge < -0.3 is 9.64 Å². The molecule has 45 heavy (non-hydrogen) atoms. The van der Waals surface area contributed by atoms with Crippen molar-refractivity contribution in [2.24, 2.45) is 5.10 Å². The second-order valence-electron chi connectivity index (χ2n) is 10.6. The molecule has 3 aromatic carbocycles. The van der Waals surface area contributed by atoms with E-state index in [9.17, 15) is 37.3 Å². The quantitative estimate of drug-likeness (QED) is 0.190. The molecule has 1 fully saturated rings. The molecule has 0 bridgehead atoms. The van der Waals surface area contributed by atoms with Crippen LogP contribution in [0.15, 0.2) is 77.9 Å². The fourth-order valence-corrected chi connectivity index (χ4v) is 5.19. The average Bonchev–Trinajstić information content (AvgIpc) is 3.49. The molecule has 0 N–H and O–H groups in total. The molecule has 0 aliphatic carbocycles. The number of rotatable bonds is 9. The van der Waals surface area contributed by atoms with E-state index in [4.69, 9.17) is 4.74 Å². The summed E-state index contributed by atoms with van der Waals surface area (Å²) in [6.07, 6.45) is -4.35. The minimum atomic E-state index is -4.57. The van der Waals surface area contributed by atoms with Crippen LogP contribution in [0, 0.1) is 15.9 Å². The number of nitrogens with zero attached hydrogens (tertiary/aromatic N) is 5. The van der Waals surface area contributed by atoms with E-state index >= 15 is 0 Å². The molecule has 236 valence electrons. The van der Waals surface area contributed by atoms with Gasteiger partial charge in [0.05, 0.1) is 35.5 Å². The van der Waals surface area contributed by atoms with Gasteiger partial charge in [0, 0.05) is 50.3 Å². The number of morpholine rings is 1. The number of carbonyl (C=O) groups excluding carboxylic acids is 2. The maximum atomic E-state index is 13.9. The van der Waals surface area contributed by atoms with Crippen molar-refractivity contribution < 1.29 is 36.8 Å². The van der Waals surface area contributed by atoms with Crippen LogP contribution in [-0.4, -0.2) is 83.2 Å². The number of alkyl halides is 3. The van der Waals surface area contributed by atoms with E-state index in [1.54, 1.807) is 0 Å². The van der Waals surface area contributed by atoms with Crippen molar-refractivity contribution in [2.45, 2.75) is 18.6 Å². The van der Waals surface area contributed by atoms with Crippen LogP contribution in [0.5, 0.6) is 0 Å². The van der Waals surface area contributed by atoms with Crippen molar-refractivity contribution in [3.8, 4) is 0 Å². The molecule has 2 aliphatic heterocycles. The zero-order chi connectivity index (χ0) is 32.1. The van der Waals surface area contributed by atoms with Gasteiger partial charge in [0.1, 0.15) is 12.4 Å². The molecule has 1 unspecified atom stereocenters. The number of amides is 2. The predicted octanol–water partition coefficient (Wildman–Crippen LogP) is 4.91. The average molecular weight is 628 g/mol. The zero-order valence-corrected chi connectivity index (χ0v) is 24.0. The first-order valence-corrected chi connectivity index (χ1v) is 14.2. The number of benzene rings is 3. The standard InChI is InChI=1S/C31H29F4N5O5/c32-25-9-3-22(4-10-25)28-19-27(21-5-11-26(12-6-21)40(43)44)36-39(28)29(41)20-38(14-13-37-15-17-45-18-16-37)30(42)23-1-7-24(8-2-23)31(33,34)35/h1-12,28H,13-20H2. The molecule has 2 heterocycles. The lowest BCUT2D eigenvalue weighted by atomic mass is 9.98. The van der Waals surface area contributed by atoms with Gasteiger partial charge >= 0.3 is 6.18 Å². The lowest BCUT2D eigenvalue weighted by Crippen LogP contribution is -2.46. The second kappa shape index (κ2) is 13.5. The van der Waals surface area contributed by atoms with Gasteiger partial charge in [-0.2, -0.15) is 18.3 Å². The molecule has 1 saturated heterocycles. The lowest BCUT2D eigenvalue weighted by molar-refractivity contribution is -0.384. The first kappa shape index (κ1) is 31.7. The van der Waals surface area contributed by atoms with Gasteiger partial charge in [-0.1, -0.05) is 12.1 Å². The summed E-state index contributed by atoms with van der Waals surface area (Å²) in [5.41, 5.74) is 0.568. The van der Waals surface area contributed by atoms with Crippen LogP contribution in [0.2, 0.25) is 0 Å². The molecule has 1 atom stereocenters. The number of nitro groups is 1. The summed E-state index contributed by atoms with van der Waals surface area (Å²) in [5, 5.41) is 16.9. The van der Waals surface area contributed by atoms with Crippen molar-refractivity contribution in [3.63, 3.8) is 0 Å². The van der Waals surface area contributed by atoms with E-state index in [0.29, 0.717) is 49.7 Å². The van der Waals surface area contributed by atoms with Crippen molar-refractivity contribution in [2.75, 3.05) is 45.9 Å². The molecule has 0 aromatic heterocycles. The Bertz CT molecular complexity index is 1560. The van der Waals surface area contributed by atoms with Crippen LogP contribution in [0.4, 0.5) is 23.2 Å². The van der Waals surface area contributed by atoms with Gasteiger partial charge in [-0.15, -0.1) is 0 Å². The summed E-state index contributed by atoms with van der Waals surface area (Å²) < 4.78 is 58.5. The minimum absolute atomic E-state index is 0.00986. The summed E-state index contributed by atoms with van der Waals surface area (Å²) in [6, 6.07) is 14.4. The summed E-state index contributed by atoms with van der Waals surface area (Å²) in [7, 11) is 0. The van der Waals surface area contributed by atoms with Crippen molar-refractivity contribution in [3.05, 3.63) is 111 Å². The topological polar surface area (TPSA) is 109 Å². The van der Waals surface area contributed by atoms with Crippen LogP contribution in [-0.2, 0) is 15.7 Å². The van der Waals surface area contributed by atoms with Gasteiger partial charge in [0.15, 0.2) is 0 Å². The summed E-state index contributed by atoms with van der Waals surface area (Å²) in [5.74, 6) is -1.66. The van der Waals surface area contributed by atoms with Crippen molar-refractivity contribution in [1.82, 2.24) is 14.8 Å². The summed E-state index contributed by atoms with van der Waals surface area (Å²) >= 11 is 0. The van der Waals surface area contributed by atoms with Gasteiger partial charge in [-0.3, -0.25) is 24.6 Å².